The van der Waals surface area contributed by atoms with Gasteiger partial charge in [0, 0.05) is 0 Å². The third-order valence-electron chi connectivity index (χ3n) is 4.82. The number of benzene rings is 1. The molecule has 4 heteroatoms. The van der Waals surface area contributed by atoms with E-state index in [0.29, 0.717) is 33.9 Å². The van der Waals surface area contributed by atoms with Gasteiger partial charge in [0.15, 0.2) is 5.52 Å². The lowest BCUT2D eigenvalue weighted by molar-refractivity contribution is 0.107. The van der Waals surface area contributed by atoms with E-state index in [2.05, 4.69) is 0 Å². The normalized spacial score (nSPS) is 28.0. The lowest BCUT2D eigenvalue weighted by atomic mass is 10.0. The third-order valence-corrected chi connectivity index (χ3v) is 8.12. The molecule has 1 aromatic carbocycles. The van der Waals surface area contributed by atoms with Crippen molar-refractivity contribution in [1.29, 1.82) is 0 Å². The van der Waals surface area contributed by atoms with E-state index >= 15 is 0 Å². The second-order valence-corrected chi connectivity index (χ2v) is 8.60. The van der Waals surface area contributed by atoms with Gasteiger partial charge in [-0.2, -0.15) is 0 Å². The van der Waals surface area contributed by atoms with Gasteiger partial charge in [0.05, 0.1) is 14.2 Å². The Bertz CT molecular complexity index is 493. The monoisotopic (exact) mass is 306 g/mol. The van der Waals surface area contributed by atoms with Crippen LogP contribution in [0.4, 0.5) is 0 Å². The lowest BCUT2D eigenvalue weighted by Crippen LogP contribution is -2.12. The first-order valence-corrected chi connectivity index (χ1v) is 9.28. The van der Waals surface area contributed by atoms with E-state index in [-0.39, 0.29) is 0 Å². The van der Waals surface area contributed by atoms with Crippen molar-refractivity contribution in [2.45, 2.75) is 49.8 Å². The molecular weight excluding hydrogens is 283 g/mol. The smallest absolute Gasteiger partial charge is 0.192 e. The molecule has 2 fully saturated rings. The molecule has 0 spiro atoms. The summed E-state index contributed by atoms with van der Waals surface area (Å²) in [5, 5.41) is 0. The zero-order valence-electron chi connectivity index (χ0n) is 12.8. The highest BCUT2D eigenvalue weighted by Crippen LogP contribution is 2.63. The number of hydrogen-bond donors (Lipinski definition) is 0. The molecule has 21 heavy (non-hydrogen) atoms. The highest BCUT2D eigenvalue weighted by molar-refractivity contribution is 7.77. The molecule has 2 aliphatic rings. The minimum atomic E-state index is -0.590. The van der Waals surface area contributed by atoms with Gasteiger partial charge in [0.25, 0.3) is 0 Å². The number of carbonyl (C=O) groups is 1. The molecule has 3 nitrogen and oxygen atoms in total. The Balaban J connectivity index is 1.98. The van der Waals surface area contributed by atoms with Crippen LogP contribution < -0.4 is 9.47 Å². The van der Waals surface area contributed by atoms with Crippen molar-refractivity contribution < 1.29 is 14.3 Å². The van der Waals surface area contributed by atoms with Gasteiger partial charge in [-0.05, 0) is 57.1 Å². The second-order valence-electron chi connectivity index (χ2n) is 5.92. The van der Waals surface area contributed by atoms with Crippen LogP contribution in [-0.2, 0) is 0 Å². The van der Waals surface area contributed by atoms with E-state index < -0.39 is 7.92 Å². The molecule has 2 unspecified atom stereocenters. The number of methoxy groups -OCH3 is 2. The Kier molecular flexibility index (Phi) is 4.49. The quantitative estimate of drug-likeness (QED) is 0.772. The summed E-state index contributed by atoms with van der Waals surface area (Å²) < 4.78 is 10.9. The summed E-state index contributed by atoms with van der Waals surface area (Å²) in [7, 11) is 2.66. The summed E-state index contributed by atoms with van der Waals surface area (Å²) in [6, 6.07) is 5.61. The summed E-state index contributed by atoms with van der Waals surface area (Å²) in [6.07, 6.45) is 7.50. The maximum absolute atomic E-state index is 13.2. The highest BCUT2D eigenvalue weighted by atomic mass is 31.1. The standard InChI is InChI=1S/C17H23O3P/c1-19-14-8-5-9-15(20-2)16(14)17(18)21-12-6-3-4-7-13(21)11-10-12/h5,8-9,12-13H,3-4,6-7,10-11H2,1-2H3. The van der Waals surface area contributed by atoms with Gasteiger partial charge in [0.1, 0.15) is 17.1 Å². The first-order chi connectivity index (χ1) is 10.3. The Morgan fingerprint density at radius 1 is 1.00 bits per heavy atom. The molecule has 2 aliphatic heterocycles. The van der Waals surface area contributed by atoms with Gasteiger partial charge in [-0.25, -0.2) is 0 Å². The van der Waals surface area contributed by atoms with Gasteiger partial charge in [0.2, 0.25) is 0 Å². The van der Waals surface area contributed by atoms with Gasteiger partial charge in [-0.1, -0.05) is 18.9 Å². The van der Waals surface area contributed by atoms with Gasteiger partial charge < -0.3 is 9.47 Å². The van der Waals surface area contributed by atoms with E-state index in [1.54, 1.807) is 14.2 Å². The summed E-state index contributed by atoms with van der Waals surface area (Å²) in [5.74, 6) is 1.32. The minimum Gasteiger partial charge on any atom is -0.496 e. The van der Waals surface area contributed by atoms with Gasteiger partial charge in [-0.15, -0.1) is 0 Å². The lowest BCUT2D eigenvalue weighted by Gasteiger charge is -2.23. The zero-order valence-corrected chi connectivity index (χ0v) is 13.7. The van der Waals surface area contributed by atoms with Crippen molar-refractivity contribution >= 4 is 13.4 Å². The van der Waals surface area contributed by atoms with Crippen LogP contribution in [0.15, 0.2) is 18.2 Å². The molecule has 2 saturated heterocycles. The predicted molar refractivity (Wildman–Crippen MR) is 86.1 cm³/mol. The molecule has 0 radical (unpaired) electrons. The molecule has 2 bridgehead atoms. The van der Waals surface area contributed by atoms with E-state index in [9.17, 15) is 4.79 Å². The number of rotatable bonds is 4. The van der Waals surface area contributed by atoms with Crippen molar-refractivity contribution in [1.82, 2.24) is 0 Å². The van der Waals surface area contributed by atoms with E-state index in [1.807, 2.05) is 18.2 Å². The maximum atomic E-state index is 13.2. The van der Waals surface area contributed by atoms with E-state index in [4.69, 9.17) is 9.47 Å². The summed E-state index contributed by atoms with van der Waals surface area (Å²) in [4.78, 5) is 13.2. The average Bonchev–Trinajstić information content (AvgIpc) is 2.78. The van der Waals surface area contributed by atoms with Crippen molar-refractivity contribution in [3.63, 3.8) is 0 Å². The largest absolute Gasteiger partial charge is 0.496 e. The SMILES string of the molecule is COc1cccc(OC)c1C(=O)P1C2CCCCC1CC2. The zero-order chi connectivity index (χ0) is 14.8. The summed E-state index contributed by atoms with van der Waals surface area (Å²) >= 11 is 0. The van der Waals surface area contributed by atoms with E-state index in [1.165, 1.54) is 38.5 Å². The van der Waals surface area contributed by atoms with Crippen molar-refractivity contribution in [3.8, 4) is 11.5 Å². The molecule has 0 amide bonds. The van der Waals surface area contributed by atoms with Crippen LogP contribution in [0.2, 0.25) is 0 Å². The minimum absolute atomic E-state index is 0.300. The highest BCUT2D eigenvalue weighted by Gasteiger charge is 2.42. The Morgan fingerprint density at radius 3 is 2.00 bits per heavy atom. The first-order valence-electron chi connectivity index (χ1n) is 7.80. The van der Waals surface area contributed by atoms with Crippen LogP contribution in [0.5, 0.6) is 11.5 Å². The third kappa shape index (κ3) is 2.68. The number of carbonyl (C=O) groups excluding carboxylic acids is 1. The number of hydrogen-bond acceptors (Lipinski definition) is 3. The van der Waals surface area contributed by atoms with Crippen molar-refractivity contribution in [2.75, 3.05) is 14.2 Å². The molecule has 3 rings (SSSR count). The molecule has 0 saturated carbocycles. The fourth-order valence-corrected chi connectivity index (χ4v) is 7.32. The number of ether oxygens (including phenoxy) is 2. The Labute approximate surface area is 127 Å². The molecule has 0 aromatic heterocycles. The van der Waals surface area contributed by atoms with E-state index in [0.717, 1.165) is 0 Å². The molecule has 2 atom stereocenters. The maximum Gasteiger partial charge on any atom is 0.192 e. The van der Waals surface area contributed by atoms with Crippen LogP contribution >= 0.6 is 7.92 Å². The van der Waals surface area contributed by atoms with Crippen LogP contribution in [0.1, 0.15) is 48.9 Å². The summed E-state index contributed by atoms with van der Waals surface area (Å²) in [5.41, 5.74) is 2.21. The predicted octanol–water partition coefficient (Wildman–Crippen LogP) is 4.43. The Hall–Kier alpha value is -1.08. The van der Waals surface area contributed by atoms with Crippen LogP contribution in [0.3, 0.4) is 0 Å². The topological polar surface area (TPSA) is 35.5 Å². The fraction of sp³-hybridized carbons (Fsp3) is 0.588. The Morgan fingerprint density at radius 2 is 1.52 bits per heavy atom. The first kappa shape index (κ1) is 14.8. The van der Waals surface area contributed by atoms with Crippen molar-refractivity contribution in [3.05, 3.63) is 23.8 Å². The molecular formula is C17H23O3P. The van der Waals surface area contributed by atoms with Crippen molar-refractivity contribution in [2.24, 2.45) is 0 Å². The molecule has 0 aliphatic carbocycles. The number of fused-ring (bicyclic) bond motifs is 2. The molecule has 114 valence electrons. The average molecular weight is 306 g/mol. The molecule has 1 aromatic rings. The van der Waals surface area contributed by atoms with Gasteiger partial charge >= 0.3 is 0 Å². The fourth-order valence-electron chi connectivity index (χ4n) is 3.81. The summed E-state index contributed by atoms with van der Waals surface area (Å²) in [6.45, 7) is 0. The van der Waals surface area contributed by atoms with Crippen LogP contribution in [0.25, 0.3) is 0 Å². The van der Waals surface area contributed by atoms with Crippen LogP contribution in [0, 0.1) is 0 Å². The molecule has 0 N–H and O–H groups in total. The second kappa shape index (κ2) is 6.36. The van der Waals surface area contributed by atoms with Gasteiger partial charge in [-0.3, -0.25) is 4.79 Å². The molecule has 2 heterocycles. The van der Waals surface area contributed by atoms with Crippen LogP contribution in [-0.4, -0.2) is 31.1 Å².